The van der Waals surface area contributed by atoms with E-state index in [2.05, 4.69) is 10.6 Å². The summed E-state index contributed by atoms with van der Waals surface area (Å²) < 4.78 is 0. The fourth-order valence-electron chi connectivity index (χ4n) is 0.897. The maximum Gasteiger partial charge on any atom is 0.287 e. The maximum absolute atomic E-state index is 10.9. The number of hydrazine groups is 1. The van der Waals surface area contributed by atoms with Crippen LogP contribution in [0.25, 0.3) is 0 Å². The second-order valence-corrected chi connectivity index (χ2v) is 2.20. The second-order valence-electron chi connectivity index (χ2n) is 2.20. The lowest BCUT2D eigenvalue weighted by molar-refractivity contribution is -0.123. The number of nitrogens with zero attached hydrogens (tertiary/aromatic N) is 2. The van der Waals surface area contributed by atoms with Crippen molar-refractivity contribution < 1.29 is 10.0 Å². The Hall–Kier alpha value is -1.10. The molecule has 1 saturated heterocycles. The summed E-state index contributed by atoms with van der Waals surface area (Å²) in [5, 5.41) is 12.5. The Morgan fingerprint density at radius 1 is 1.80 bits per heavy atom. The number of carbonyl (C=O) groups excluding carboxylic acids is 1. The van der Waals surface area contributed by atoms with Gasteiger partial charge in [-0.1, -0.05) is 5.16 Å². The predicted molar refractivity (Wildman–Crippen MR) is 34.6 cm³/mol. The van der Waals surface area contributed by atoms with Crippen molar-refractivity contribution in [2.24, 2.45) is 5.16 Å². The maximum atomic E-state index is 10.9. The molecule has 0 aliphatic carbocycles. The summed E-state index contributed by atoms with van der Waals surface area (Å²) in [5.74, 6) is -0.282. The highest BCUT2D eigenvalue weighted by Gasteiger charge is 2.31. The van der Waals surface area contributed by atoms with Gasteiger partial charge in [-0.2, -0.15) is 0 Å². The molecule has 0 aromatic rings. The van der Waals surface area contributed by atoms with Crippen molar-refractivity contribution in [2.45, 2.75) is 13.0 Å². The number of rotatable bonds is 0. The van der Waals surface area contributed by atoms with Crippen LogP contribution in [-0.4, -0.2) is 34.9 Å². The molecule has 0 radical (unpaired) electrons. The monoisotopic (exact) mass is 143 g/mol. The minimum atomic E-state index is -0.282. The van der Waals surface area contributed by atoms with Gasteiger partial charge in [-0.3, -0.25) is 9.80 Å². The molecule has 1 atom stereocenters. The molecule has 1 amide bonds. The summed E-state index contributed by atoms with van der Waals surface area (Å²) >= 11 is 0. The Labute approximate surface area is 58.3 Å². The van der Waals surface area contributed by atoms with Gasteiger partial charge in [-0.05, 0) is 6.92 Å². The lowest BCUT2D eigenvalue weighted by Gasteiger charge is -2.06. The summed E-state index contributed by atoms with van der Waals surface area (Å²) in [6, 6.07) is -0.192. The average Bonchev–Trinajstić information content (AvgIpc) is 2.09. The van der Waals surface area contributed by atoms with Gasteiger partial charge >= 0.3 is 0 Å². The molecule has 2 N–H and O–H groups in total. The minimum Gasteiger partial charge on any atom is -0.410 e. The fourth-order valence-corrected chi connectivity index (χ4v) is 0.897. The third-order valence-corrected chi connectivity index (χ3v) is 1.43. The van der Waals surface area contributed by atoms with E-state index in [1.807, 2.05) is 0 Å². The highest BCUT2D eigenvalue weighted by molar-refractivity contribution is 6.41. The first-order valence-electron chi connectivity index (χ1n) is 2.93. The minimum absolute atomic E-state index is 0.155. The van der Waals surface area contributed by atoms with E-state index in [0.717, 1.165) is 0 Å². The van der Waals surface area contributed by atoms with E-state index in [1.54, 1.807) is 14.0 Å². The van der Waals surface area contributed by atoms with Crippen LogP contribution < -0.4 is 5.43 Å². The first kappa shape index (κ1) is 7.01. The third-order valence-electron chi connectivity index (χ3n) is 1.43. The SMILES string of the molecule is CC1NN(C)C(=O)C1=NO. The van der Waals surface area contributed by atoms with Crippen LogP contribution in [0.1, 0.15) is 6.92 Å². The molecule has 0 bridgehead atoms. The number of hydrogen-bond donors (Lipinski definition) is 2. The Morgan fingerprint density at radius 2 is 2.40 bits per heavy atom. The predicted octanol–water partition coefficient (Wildman–Crippen LogP) is -0.818. The van der Waals surface area contributed by atoms with E-state index in [0.29, 0.717) is 0 Å². The van der Waals surface area contributed by atoms with Crippen molar-refractivity contribution in [1.82, 2.24) is 10.4 Å². The molecule has 10 heavy (non-hydrogen) atoms. The Kier molecular flexibility index (Phi) is 1.58. The van der Waals surface area contributed by atoms with Gasteiger partial charge in [0.2, 0.25) is 0 Å². The smallest absolute Gasteiger partial charge is 0.287 e. The topological polar surface area (TPSA) is 64.9 Å². The third kappa shape index (κ3) is 0.841. The van der Waals surface area contributed by atoms with Crippen molar-refractivity contribution in [1.29, 1.82) is 0 Å². The van der Waals surface area contributed by atoms with Gasteiger partial charge < -0.3 is 5.21 Å². The van der Waals surface area contributed by atoms with Crippen molar-refractivity contribution in [3.8, 4) is 0 Å². The lowest BCUT2D eigenvalue weighted by atomic mass is 10.2. The van der Waals surface area contributed by atoms with Gasteiger partial charge in [-0.15, -0.1) is 0 Å². The summed E-state index contributed by atoms with van der Waals surface area (Å²) in [6.07, 6.45) is 0. The largest absolute Gasteiger partial charge is 0.410 e. The number of hydrogen-bond acceptors (Lipinski definition) is 4. The first-order chi connectivity index (χ1) is 4.66. The van der Waals surface area contributed by atoms with Gasteiger partial charge in [-0.25, -0.2) is 5.43 Å². The quantitative estimate of drug-likeness (QED) is 0.344. The summed E-state index contributed by atoms with van der Waals surface area (Å²) in [7, 11) is 1.58. The summed E-state index contributed by atoms with van der Waals surface area (Å²) in [5.41, 5.74) is 2.92. The molecule has 1 heterocycles. The zero-order chi connectivity index (χ0) is 7.72. The molecule has 5 nitrogen and oxygen atoms in total. The van der Waals surface area contributed by atoms with E-state index in [4.69, 9.17) is 5.21 Å². The van der Waals surface area contributed by atoms with Gasteiger partial charge in [0.05, 0.1) is 6.04 Å². The molecule has 1 aliphatic rings. The molecule has 1 unspecified atom stereocenters. The zero-order valence-electron chi connectivity index (χ0n) is 5.83. The van der Waals surface area contributed by atoms with E-state index >= 15 is 0 Å². The number of amides is 1. The van der Waals surface area contributed by atoms with Crippen molar-refractivity contribution >= 4 is 11.6 Å². The molecular weight excluding hydrogens is 134 g/mol. The van der Waals surface area contributed by atoms with Crippen LogP contribution in [0.15, 0.2) is 5.16 Å². The van der Waals surface area contributed by atoms with Gasteiger partial charge in [0.15, 0.2) is 5.71 Å². The summed E-state index contributed by atoms with van der Waals surface area (Å²) in [6.45, 7) is 1.75. The van der Waals surface area contributed by atoms with Crippen molar-refractivity contribution in [3.05, 3.63) is 0 Å². The molecular formula is C5H9N3O2. The first-order valence-corrected chi connectivity index (χ1v) is 2.93. The van der Waals surface area contributed by atoms with Gasteiger partial charge in [0.1, 0.15) is 0 Å². The van der Waals surface area contributed by atoms with Crippen molar-refractivity contribution in [2.75, 3.05) is 7.05 Å². The molecule has 56 valence electrons. The number of oxime groups is 1. The van der Waals surface area contributed by atoms with Gasteiger partial charge in [0, 0.05) is 7.05 Å². The van der Waals surface area contributed by atoms with Crippen LogP contribution in [-0.2, 0) is 4.79 Å². The molecule has 1 rings (SSSR count). The van der Waals surface area contributed by atoms with E-state index in [-0.39, 0.29) is 17.7 Å². The molecule has 0 aromatic heterocycles. The van der Waals surface area contributed by atoms with E-state index in [1.165, 1.54) is 5.01 Å². The van der Waals surface area contributed by atoms with E-state index < -0.39 is 0 Å². The average molecular weight is 143 g/mol. The van der Waals surface area contributed by atoms with Crippen LogP contribution in [0.2, 0.25) is 0 Å². The molecule has 5 heteroatoms. The van der Waals surface area contributed by atoms with Crippen molar-refractivity contribution in [3.63, 3.8) is 0 Å². The van der Waals surface area contributed by atoms with Crippen LogP contribution in [0, 0.1) is 0 Å². The van der Waals surface area contributed by atoms with Crippen LogP contribution in [0.4, 0.5) is 0 Å². The second kappa shape index (κ2) is 2.26. The van der Waals surface area contributed by atoms with Gasteiger partial charge in [0.25, 0.3) is 5.91 Å². The fraction of sp³-hybridized carbons (Fsp3) is 0.600. The molecule has 1 aliphatic heterocycles. The Morgan fingerprint density at radius 3 is 2.60 bits per heavy atom. The highest BCUT2D eigenvalue weighted by atomic mass is 16.4. The molecule has 0 saturated carbocycles. The number of nitrogens with one attached hydrogen (secondary N) is 1. The Bertz CT molecular complexity index is 189. The molecule has 0 spiro atoms. The normalized spacial score (nSPS) is 30.2. The lowest BCUT2D eigenvalue weighted by Crippen LogP contribution is -2.32. The molecule has 0 aromatic carbocycles. The van der Waals surface area contributed by atoms with Crippen LogP contribution in [0.3, 0.4) is 0 Å². The summed E-state index contributed by atoms with van der Waals surface area (Å²) in [4.78, 5) is 10.9. The standard InChI is InChI=1S/C5H9N3O2/c1-3-4(7-10)5(9)8(2)6-3/h3,6,10H,1-2H3. The van der Waals surface area contributed by atoms with Crippen LogP contribution >= 0.6 is 0 Å². The highest BCUT2D eigenvalue weighted by Crippen LogP contribution is 2.01. The van der Waals surface area contributed by atoms with E-state index in [9.17, 15) is 4.79 Å². The zero-order valence-corrected chi connectivity index (χ0v) is 5.83. The van der Waals surface area contributed by atoms with Crippen LogP contribution in [0.5, 0.6) is 0 Å². The Balaban J connectivity index is 2.85. The molecule has 1 fully saturated rings. The number of carbonyl (C=O) groups is 1.